The second-order valence-electron chi connectivity index (χ2n) is 5.19. The summed E-state index contributed by atoms with van der Waals surface area (Å²) in [6.07, 6.45) is 4.63. The Morgan fingerprint density at radius 1 is 1.52 bits per heavy atom. The van der Waals surface area contributed by atoms with Gasteiger partial charge in [0.15, 0.2) is 5.13 Å². The molecule has 0 radical (unpaired) electrons. The van der Waals surface area contributed by atoms with E-state index in [4.69, 9.17) is 17.3 Å². The molecule has 1 aliphatic carbocycles. The number of carbonyl (C=O) groups is 1. The number of benzene rings is 1. The van der Waals surface area contributed by atoms with Gasteiger partial charge < -0.3 is 5.73 Å². The maximum absolute atomic E-state index is 12.4. The molecular weight excluding hydrogens is 373 g/mol. The molecule has 2 aromatic rings. The molecule has 124 valence electrons. The van der Waals surface area contributed by atoms with E-state index < -0.39 is 0 Å². The van der Waals surface area contributed by atoms with Crippen molar-refractivity contribution in [3.63, 3.8) is 0 Å². The van der Waals surface area contributed by atoms with Crippen molar-refractivity contribution < 1.29 is 4.79 Å². The molecular formula is C15H17Cl2N3OS2. The molecule has 4 nitrogen and oxygen atoms in total. The number of rotatable bonds is 3. The molecule has 1 atom stereocenters. The van der Waals surface area contributed by atoms with Gasteiger partial charge in [-0.1, -0.05) is 11.6 Å². The van der Waals surface area contributed by atoms with Crippen LogP contribution in [-0.2, 0) is 12.8 Å². The van der Waals surface area contributed by atoms with Crippen molar-refractivity contribution in [2.45, 2.75) is 30.2 Å². The van der Waals surface area contributed by atoms with Gasteiger partial charge in [0.1, 0.15) is 0 Å². The number of amides is 1. The maximum atomic E-state index is 12.4. The van der Waals surface area contributed by atoms with Crippen LogP contribution < -0.4 is 11.1 Å². The molecule has 1 aliphatic rings. The average molecular weight is 390 g/mol. The summed E-state index contributed by atoms with van der Waals surface area (Å²) in [5.41, 5.74) is 7.51. The molecule has 8 heteroatoms. The number of thioether (sulfide) groups is 1. The Morgan fingerprint density at radius 2 is 2.30 bits per heavy atom. The number of halogens is 2. The van der Waals surface area contributed by atoms with E-state index in [1.165, 1.54) is 16.2 Å². The summed E-state index contributed by atoms with van der Waals surface area (Å²) in [5.74, 6) is -0.226. The summed E-state index contributed by atoms with van der Waals surface area (Å²) in [6.45, 7) is 0. The van der Waals surface area contributed by atoms with Gasteiger partial charge in [-0.2, -0.15) is 0 Å². The lowest BCUT2D eigenvalue weighted by atomic mass is 9.99. The van der Waals surface area contributed by atoms with E-state index in [2.05, 4.69) is 10.3 Å². The van der Waals surface area contributed by atoms with Crippen LogP contribution >= 0.6 is 47.1 Å². The second kappa shape index (κ2) is 7.85. The molecule has 1 aromatic heterocycles. The van der Waals surface area contributed by atoms with Crippen LogP contribution in [0.1, 0.15) is 27.3 Å². The van der Waals surface area contributed by atoms with Crippen molar-refractivity contribution in [3.8, 4) is 0 Å². The summed E-state index contributed by atoms with van der Waals surface area (Å²) in [4.78, 5) is 19.1. The fourth-order valence-corrected chi connectivity index (χ4v) is 4.16. The number of nitrogens with one attached hydrogen (secondary N) is 1. The van der Waals surface area contributed by atoms with E-state index in [1.807, 2.05) is 12.3 Å². The van der Waals surface area contributed by atoms with Gasteiger partial charge >= 0.3 is 0 Å². The Balaban J connectivity index is 0.00000192. The number of hydrogen-bond donors (Lipinski definition) is 2. The third kappa shape index (κ3) is 4.19. The number of nitrogens with zero attached hydrogens (tertiary/aromatic N) is 1. The minimum Gasteiger partial charge on any atom is -0.327 e. The van der Waals surface area contributed by atoms with Crippen molar-refractivity contribution in [1.82, 2.24) is 4.98 Å². The lowest BCUT2D eigenvalue weighted by molar-refractivity contribution is 0.102. The first-order chi connectivity index (χ1) is 10.6. The number of aryl methyl sites for hydroxylation is 1. The van der Waals surface area contributed by atoms with Crippen molar-refractivity contribution in [1.29, 1.82) is 0 Å². The lowest BCUT2D eigenvalue weighted by Gasteiger charge is -2.15. The van der Waals surface area contributed by atoms with E-state index in [0.29, 0.717) is 15.7 Å². The van der Waals surface area contributed by atoms with Crippen LogP contribution in [0.4, 0.5) is 5.13 Å². The molecule has 1 aromatic carbocycles. The Labute approximate surface area is 154 Å². The zero-order chi connectivity index (χ0) is 15.7. The molecule has 0 unspecified atom stereocenters. The molecule has 0 aliphatic heterocycles. The largest absolute Gasteiger partial charge is 0.327 e. The molecule has 1 heterocycles. The van der Waals surface area contributed by atoms with Crippen LogP contribution in [-0.4, -0.2) is 23.2 Å². The van der Waals surface area contributed by atoms with Gasteiger partial charge in [-0.3, -0.25) is 10.1 Å². The fourth-order valence-electron chi connectivity index (χ4n) is 2.42. The highest BCUT2D eigenvalue weighted by Gasteiger charge is 2.21. The highest BCUT2D eigenvalue weighted by atomic mass is 35.5. The zero-order valence-electron chi connectivity index (χ0n) is 12.5. The Bertz CT molecular complexity index is 721. The summed E-state index contributed by atoms with van der Waals surface area (Å²) >= 11 is 9.21. The Kier molecular flexibility index (Phi) is 6.33. The van der Waals surface area contributed by atoms with Crippen LogP contribution in [0.15, 0.2) is 23.1 Å². The molecule has 3 rings (SSSR count). The third-order valence-corrected chi connectivity index (χ3v) is 5.71. The number of carbonyl (C=O) groups excluding carboxylic acids is 1. The van der Waals surface area contributed by atoms with Crippen LogP contribution in [0.3, 0.4) is 0 Å². The van der Waals surface area contributed by atoms with Crippen LogP contribution in [0.2, 0.25) is 5.02 Å². The van der Waals surface area contributed by atoms with Gasteiger partial charge in [-0.25, -0.2) is 4.98 Å². The number of anilines is 1. The molecule has 0 bridgehead atoms. The van der Waals surface area contributed by atoms with Gasteiger partial charge in [0.05, 0.1) is 16.3 Å². The van der Waals surface area contributed by atoms with E-state index in [1.54, 1.807) is 23.9 Å². The first-order valence-corrected chi connectivity index (χ1v) is 9.38. The zero-order valence-corrected chi connectivity index (χ0v) is 15.7. The highest BCUT2D eigenvalue weighted by Crippen LogP contribution is 2.30. The average Bonchev–Trinajstić information content (AvgIpc) is 2.88. The monoisotopic (exact) mass is 389 g/mol. The normalized spacial score (nSPS) is 16.4. The van der Waals surface area contributed by atoms with Gasteiger partial charge in [0.2, 0.25) is 0 Å². The standard InChI is InChI=1S/C15H16ClN3OS2.ClH/c1-21-9-3-4-11(16)10(7-9)14(20)19-15-18-12-5-2-8(17)6-13(12)22-15;/h3-4,7-8H,2,5-6,17H2,1H3,(H,18,19,20);1H/t8-;/m0./s1. The van der Waals surface area contributed by atoms with Gasteiger partial charge in [0, 0.05) is 15.8 Å². The van der Waals surface area contributed by atoms with E-state index in [0.717, 1.165) is 29.9 Å². The minimum absolute atomic E-state index is 0. The molecule has 0 saturated carbocycles. The fraction of sp³-hybridized carbons (Fsp3) is 0.333. The van der Waals surface area contributed by atoms with Gasteiger partial charge in [-0.05, 0) is 43.7 Å². The van der Waals surface area contributed by atoms with Gasteiger partial charge in [-0.15, -0.1) is 35.5 Å². The summed E-state index contributed by atoms with van der Waals surface area (Å²) in [5, 5.41) is 3.92. The van der Waals surface area contributed by atoms with E-state index in [-0.39, 0.29) is 24.4 Å². The molecule has 0 fully saturated rings. The quantitative estimate of drug-likeness (QED) is 0.778. The van der Waals surface area contributed by atoms with Gasteiger partial charge in [0.25, 0.3) is 5.91 Å². The molecule has 0 saturated heterocycles. The summed E-state index contributed by atoms with van der Waals surface area (Å²) in [7, 11) is 0. The summed E-state index contributed by atoms with van der Waals surface area (Å²) < 4.78 is 0. The number of thiazole rings is 1. The predicted octanol–water partition coefficient (Wildman–Crippen LogP) is 4.01. The highest BCUT2D eigenvalue weighted by molar-refractivity contribution is 7.98. The van der Waals surface area contributed by atoms with Crippen molar-refractivity contribution in [3.05, 3.63) is 39.4 Å². The van der Waals surface area contributed by atoms with Crippen molar-refractivity contribution in [2.24, 2.45) is 5.73 Å². The SMILES string of the molecule is CSc1ccc(Cl)c(C(=O)Nc2nc3c(s2)C[C@@H](N)CC3)c1.Cl. The predicted molar refractivity (Wildman–Crippen MR) is 101 cm³/mol. The Morgan fingerprint density at radius 3 is 3.04 bits per heavy atom. The minimum atomic E-state index is -0.226. The number of hydrogen-bond acceptors (Lipinski definition) is 5. The van der Waals surface area contributed by atoms with Crippen molar-refractivity contribution in [2.75, 3.05) is 11.6 Å². The number of aromatic nitrogens is 1. The maximum Gasteiger partial charge on any atom is 0.258 e. The Hall–Kier alpha value is -0.790. The molecule has 23 heavy (non-hydrogen) atoms. The molecule has 0 spiro atoms. The second-order valence-corrected chi connectivity index (χ2v) is 7.56. The third-order valence-electron chi connectivity index (χ3n) is 3.62. The van der Waals surface area contributed by atoms with Crippen LogP contribution in [0.5, 0.6) is 0 Å². The first kappa shape index (κ1) is 18.5. The number of nitrogens with two attached hydrogens (primary N) is 1. The van der Waals surface area contributed by atoms with Crippen LogP contribution in [0.25, 0.3) is 0 Å². The molecule has 3 N–H and O–H groups in total. The van der Waals surface area contributed by atoms with E-state index in [9.17, 15) is 4.79 Å². The topological polar surface area (TPSA) is 68.0 Å². The lowest BCUT2D eigenvalue weighted by Crippen LogP contribution is -2.27. The number of fused-ring (bicyclic) bond motifs is 1. The smallest absolute Gasteiger partial charge is 0.258 e. The summed E-state index contributed by atoms with van der Waals surface area (Å²) in [6, 6.07) is 5.64. The first-order valence-electron chi connectivity index (χ1n) is 6.96. The van der Waals surface area contributed by atoms with E-state index >= 15 is 0 Å². The van der Waals surface area contributed by atoms with Crippen LogP contribution in [0, 0.1) is 0 Å². The molecule has 1 amide bonds. The van der Waals surface area contributed by atoms with Crippen molar-refractivity contribution >= 4 is 58.1 Å².